The number of hydrogen-bond donors (Lipinski definition) is 0. The number of aromatic nitrogens is 1. The first-order valence-corrected chi connectivity index (χ1v) is 21.0. The van der Waals surface area contributed by atoms with Crippen LogP contribution in [0.2, 0.25) is 0 Å². The van der Waals surface area contributed by atoms with E-state index in [1.165, 1.54) is 85.8 Å². The molecule has 0 aliphatic carbocycles. The number of anilines is 3. The first-order chi connectivity index (χ1) is 29.3. The molecule has 12 aromatic rings. The number of rotatable bonds is 6. The van der Waals surface area contributed by atoms with Crippen LogP contribution in [-0.4, -0.2) is 4.57 Å². The van der Waals surface area contributed by atoms with Gasteiger partial charge < -0.3 is 9.47 Å². The van der Waals surface area contributed by atoms with Gasteiger partial charge in [0.2, 0.25) is 0 Å². The summed E-state index contributed by atoms with van der Waals surface area (Å²) < 4.78 is 5.12. The molecule has 0 atom stereocenters. The quantitative estimate of drug-likeness (QED) is 0.164. The SMILES string of the molecule is c1ccc(-c2ccc3sc4c(c3c2)c2ccccc2c2c4c3cc(-c4ccc(N(c5ccccc5)c5cccc6ccccc56)cc4)ccc3n2-c2ccccc2)cc1. The average molecular weight is 769 g/mol. The molecule has 0 spiro atoms. The Bertz CT molecular complexity index is 3520. The molecule has 10 aromatic carbocycles. The molecule has 0 saturated carbocycles. The summed E-state index contributed by atoms with van der Waals surface area (Å²) in [4.78, 5) is 2.37. The van der Waals surface area contributed by atoms with Crippen LogP contribution in [0, 0.1) is 0 Å². The van der Waals surface area contributed by atoms with Crippen molar-refractivity contribution in [1.82, 2.24) is 4.57 Å². The number of nitrogens with zero attached hydrogens (tertiary/aromatic N) is 2. The summed E-state index contributed by atoms with van der Waals surface area (Å²) in [5.74, 6) is 0. The molecule has 2 aromatic heterocycles. The monoisotopic (exact) mass is 768 g/mol. The summed E-state index contributed by atoms with van der Waals surface area (Å²) in [6.45, 7) is 0. The second kappa shape index (κ2) is 13.6. The van der Waals surface area contributed by atoms with E-state index in [1.54, 1.807) is 0 Å². The van der Waals surface area contributed by atoms with Crippen LogP contribution in [0.25, 0.3) is 91.5 Å². The van der Waals surface area contributed by atoms with E-state index in [9.17, 15) is 0 Å². The highest BCUT2D eigenvalue weighted by atomic mass is 32.1. The van der Waals surface area contributed by atoms with E-state index in [0.29, 0.717) is 0 Å². The van der Waals surface area contributed by atoms with Crippen molar-refractivity contribution in [2.24, 2.45) is 0 Å². The largest absolute Gasteiger partial charge is 0.310 e. The minimum Gasteiger partial charge on any atom is -0.310 e. The number of thiophene rings is 1. The molecule has 0 N–H and O–H groups in total. The molecule has 3 heteroatoms. The van der Waals surface area contributed by atoms with Crippen LogP contribution in [-0.2, 0) is 0 Å². The van der Waals surface area contributed by atoms with Crippen LogP contribution in [0.4, 0.5) is 17.1 Å². The maximum atomic E-state index is 2.49. The minimum atomic E-state index is 1.12. The van der Waals surface area contributed by atoms with E-state index < -0.39 is 0 Å². The highest BCUT2D eigenvalue weighted by molar-refractivity contribution is 7.27. The Balaban J connectivity index is 1.09. The molecule has 0 unspecified atom stereocenters. The lowest BCUT2D eigenvalue weighted by atomic mass is 9.97. The van der Waals surface area contributed by atoms with Gasteiger partial charge in [0.05, 0.1) is 16.7 Å². The summed E-state index contributed by atoms with van der Waals surface area (Å²) in [6, 6.07) is 79.7. The van der Waals surface area contributed by atoms with Crippen molar-refractivity contribution in [1.29, 1.82) is 0 Å². The van der Waals surface area contributed by atoms with Crippen LogP contribution in [0.15, 0.2) is 218 Å². The van der Waals surface area contributed by atoms with Crippen LogP contribution in [0.3, 0.4) is 0 Å². The first-order valence-electron chi connectivity index (χ1n) is 20.2. The van der Waals surface area contributed by atoms with Crippen molar-refractivity contribution in [3.05, 3.63) is 218 Å². The normalized spacial score (nSPS) is 11.7. The van der Waals surface area contributed by atoms with Gasteiger partial charge in [-0.25, -0.2) is 0 Å². The Labute approximate surface area is 346 Å². The average Bonchev–Trinajstić information content (AvgIpc) is 3.86. The Morgan fingerprint density at radius 3 is 1.73 bits per heavy atom. The summed E-state index contributed by atoms with van der Waals surface area (Å²) >= 11 is 1.92. The zero-order chi connectivity index (χ0) is 38.9. The fourth-order valence-electron chi connectivity index (χ4n) is 9.27. The molecule has 276 valence electrons. The summed E-state index contributed by atoms with van der Waals surface area (Å²) in [5, 5.41) is 10.2. The van der Waals surface area contributed by atoms with Crippen molar-refractivity contribution in [3.8, 4) is 27.9 Å². The molecule has 0 radical (unpaired) electrons. The highest BCUT2D eigenvalue weighted by Gasteiger charge is 2.23. The number of hydrogen-bond acceptors (Lipinski definition) is 2. The van der Waals surface area contributed by atoms with E-state index >= 15 is 0 Å². The van der Waals surface area contributed by atoms with Crippen molar-refractivity contribution in [3.63, 3.8) is 0 Å². The van der Waals surface area contributed by atoms with Gasteiger partial charge in [-0.2, -0.15) is 0 Å². The zero-order valence-electron chi connectivity index (χ0n) is 32.1. The fourth-order valence-corrected chi connectivity index (χ4v) is 10.5. The Morgan fingerprint density at radius 2 is 0.949 bits per heavy atom. The Kier molecular flexibility index (Phi) is 7.75. The van der Waals surface area contributed by atoms with Crippen molar-refractivity contribution < 1.29 is 0 Å². The van der Waals surface area contributed by atoms with E-state index in [4.69, 9.17) is 0 Å². The molecule has 12 rings (SSSR count). The van der Waals surface area contributed by atoms with Gasteiger partial charge in [0.25, 0.3) is 0 Å². The van der Waals surface area contributed by atoms with Crippen LogP contribution in [0.5, 0.6) is 0 Å². The topological polar surface area (TPSA) is 8.17 Å². The number of fused-ring (bicyclic) bond motifs is 11. The Morgan fingerprint density at radius 1 is 0.373 bits per heavy atom. The van der Waals surface area contributed by atoms with E-state index in [2.05, 4.69) is 228 Å². The number of para-hydroxylation sites is 2. The van der Waals surface area contributed by atoms with Crippen molar-refractivity contribution in [2.75, 3.05) is 4.90 Å². The van der Waals surface area contributed by atoms with E-state index in [1.807, 2.05) is 11.3 Å². The van der Waals surface area contributed by atoms with Gasteiger partial charge in [-0.1, -0.05) is 152 Å². The van der Waals surface area contributed by atoms with E-state index in [-0.39, 0.29) is 0 Å². The maximum absolute atomic E-state index is 2.49. The first kappa shape index (κ1) is 33.7. The van der Waals surface area contributed by atoms with Gasteiger partial charge in [0.15, 0.2) is 0 Å². The molecule has 0 fully saturated rings. The highest BCUT2D eigenvalue weighted by Crippen LogP contribution is 2.49. The van der Waals surface area contributed by atoms with Gasteiger partial charge in [-0.3, -0.25) is 0 Å². The number of benzene rings is 10. The molecule has 0 bridgehead atoms. The molecule has 0 saturated heterocycles. The predicted molar refractivity (Wildman–Crippen MR) is 254 cm³/mol. The van der Waals surface area contributed by atoms with Crippen molar-refractivity contribution >= 4 is 91.9 Å². The Hall–Kier alpha value is -7.46. The lowest BCUT2D eigenvalue weighted by Crippen LogP contribution is -2.10. The maximum Gasteiger partial charge on any atom is 0.0634 e. The predicted octanol–water partition coefficient (Wildman–Crippen LogP) is 16.3. The van der Waals surface area contributed by atoms with Crippen LogP contribution < -0.4 is 4.90 Å². The third-order valence-electron chi connectivity index (χ3n) is 11.9. The van der Waals surface area contributed by atoms with Gasteiger partial charge in [-0.15, -0.1) is 11.3 Å². The second-order valence-electron chi connectivity index (χ2n) is 15.3. The molecule has 0 aliphatic heterocycles. The van der Waals surface area contributed by atoms with Gasteiger partial charge in [0.1, 0.15) is 0 Å². The molecule has 2 heterocycles. The molecule has 0 amide bonds. The third kappa shape index (κ3) is 5.40. The fraction of sp³-hybridized carbons (Fsp3) is 0. The van der Waals surface area contributed by atoms with Crippen LogP contribution in [0.1, 0.15) is 0 Å². The summed E-state index contributed by atoms with van der Waals surface area (Å²) in [6.07, 6.45) is 0. The lowest BCUT2D eigenvalue weighted by Gasteiger charge is -2.27. The standard InChI is InChI=1S/C56H36N2S/c1-4-15-37(16-5-1)41-30-34-52-49(36-41)53-46-24-12-13-25-47(46)55-54(56(53)59-52)48-35-40(29-33-51(48)58(55)43-21-8-3-9-22-43)38-27-31-44(32-28-38)57(42-19-6-2-7-20-42)50-26-14-18-39-17-10-11-23-45(39)50/h1-36H. The molecule has 0 aliphatic rings. The minimum absolute atomic E-state index is 1.12. The van der Waals surface area contributed by atoms with Gasteiger partial charge in [0, 0.05) is 58.8 Å². The molecular formula is C56H36N2S. The zero-order valence-corrected chi connectivity index (χ0v) is 32.9. The van der Waals surface area contributed by atoms with Crippen LogP contribution >= 0.6 is 11.3 Å². The third-order valence-corrected chi connectivity index (χ3v) is 13.1. The molecule has 59 heavy (non-hydrogen) atoms. The second-order valence-corrected chi connectivity index (χ2v) is 16.3. The van der Waals surface area contributed by atoms with Gasteiger partial charge >= 0.3 is 0 Å². The lowest BCUT2D eigenvalue weighted by molar-refractivity contribution is 1.19. The smallest absolute Gasteiger partial charge is 0.0634 e. The van der Waals surface area contributed by atoms with E-state index in [0.717, 1.165) is 22.7 Å². The molecular weight excluding hydrogens is 733 g/mol. The van der Waals surface area contributed by atoms with Gasteiger partial charge in [-0.05, 0) is 99.8 Å². The summed E-state index contributed by atoms with van der Waals surface area (Å²) in [7, 11) is 0. The summed E-state index contributed by atoms with van der Waals surface area (Å²) in [5.41, 5.74) is 11.9. The molecule has 2 nitrogen and oxygen atoms in total. The van der Waals surface area contributed by atoms with Crippen molar-refractivity contribution in [2.45, 2.75) is 0 Å².